The number of nitrogens with two attached hydrogens (primary N) is 1. The van der Waals surface area contributed by atoms with Gasteiger partial charge >= 0.3 is 0 Å². The lowest BCUT2D eigenvalue weighted by Gasteiger charge is -2.09. The molecule has 0 spiro atoms. The van der Waals surface area contributed by atoms with Crippen LogP contribution in [0.25, 0.3) is 0 Å². The minimum atomic E-state index is -0.254. The van der Waals surface area contributed by atoms with Crippen LogP contribution < -0.4 is 11.1 Å². The molecule has 84 valence electrons. The Bertz CT molecular complexity index is 322. The highest BCUT2D eigenvalue weighted by Gasteiger charge is 2.12. The molecule has 5 heteroatoms. The fraction of sp³-hybridized carbons (Fsp3) is 0.500. The molecule has 15 heavy (non-hydrogen) atoms. The van der Waals surface area contributed by atoms with E-state index < -0.39 is 0 Å². The summed E-state index contributed by atoms with van der Waals surface area (Å²) in [5.41, 5.74) is 5.39. The van der Waals surface area contributed by atoms with Crippen molar-refractivity contribution in [1.29, 1.82) is 0 Å². The summed E-state index contributed by atoms with van der Waals surface area (Å²) in [6.07, 6.45) is 0. The van der Waals surface area contributed by atoms with E-state index in [0.717, 1.165) is 0 Å². The van der Waals surface area contributed by atoms with Crippen molar-refractivity contribution in [2.75, 3.05) is 13.7 Å². The molecule has 0 aliphatic rings. The SMILES string of the molecule is COCc1ccc(C(=O)N[C@H](C)CN)o1. The Balaban J connectivity index is 2.58. The Hall–Kier alpha value is -1.33. The molecule has 1 aromatic rings. The molecular weight excluding hydrogens is 196 g/mol. The van der Waals surface area contributed by atoms with Crippen LogP contribution in [-0.4, -0.2) is 25.6 Å². The van der Waals surface area contributed by atoms with E-state index >= 15 is 0 Å². The van der Waals surface area contributed by atoms with Crippen LogP contribution in [0, 0.1) is 0 Å². The third kappa shape index (κ3) is 3.38. The summed E-state index contributed by atoms with van der Waals surface area (Å²) in [5, 5.41) is 2.70. The van der Waals surface area contributed by atoms with Crippen molar-refractivity contribution in [3.63, 3.8) is 0 Å². The second-order valence-corrected chi connectivity index (χ2v) is 3.31. The third-order valence-electron chi connectivity index (χ3n) is 1.90. The Labute approximate surface area is 88.6 Å². The van der Waals surface area contributed by atoms with Gasteiger partial charge in [0.25, 0.3) is 5.91 Å². The van der Waals surface area contributed by atoms with Gasteiger partial charge in [-0.1, -0.05) is 0 Å². The molecule has 0 saturated heterocycles. The predicted octanol–water partition coefficient (Wildman–Crippen LogP) is 0.503. The zero-order chi connectivity index (χ0) is 11.3. The van der Waals surface area contributed by atoms with E-state index in [-0.39, 0.29) is 17.7 Å². The largest absolute Gasteiger partial charge is 0.453 e. The lowest BCUT2D eigenvalue weighted by Crippen LogP contribution is -2.37. The van der Waals surface area contributed by atoms with Gasteiger partial charge in [-0.2, -0.15) is 0 Å². The van der Waals surface area contributed by atoms with Gasteiger partial charge < -0.3 is 20.2 Å². The maximum atomic E-state index is 11.5. The zero-order valence-corrected chi connectivity index (χ0v) is 8.95. The number of hydrogen-bond acceptors (Lipinski definition) is 4. The van der Waals surface area contributed by atoms with Gasteiger partial charge in [0.1, 0.15) is 12.4 Å². The molecule has 5 nitrogen and oxygen atoms in total. The number of hydrogen-bond donors (Lipinski definition) is 2. The molecule has 1 amide bonds. The minimum absolute atomic E-state index is 0.0616. The van der Waals surface area contributed by atoms with Gasteiger partial charge in [-0.05, 0) is 19.1 Å². The highest BCUT2D eigenvalue weighted by molar-refractivity contribution is 5.91. The highest BCUT2D eigenvalue weighted by atomic mass is 16.5. The summed E-state index contributed by atoms with van der Waals surface area (Å²) >= 11 is 0. The number of rotatable bonds is 5. The molecule has 3 N–H and O–H groups in total. The number of amides is 1. The van der Waals surface area contributed by atoms with Crippen LogP contribution in [0.1, 0.15) is 23.2 Å². The quantitative estimate of drug-likeness (QED) is 0.745. The van der Waals surface area contributed by atoms with E-state index in [1.807, 2.05) is 6.92 Å². The predicted molar refractivity (Wildman–Crippen MR) is 55.4 cm³/mol. The fourth-order valence-electron chi connectivity index (χ4n) is 1.07. The molecule has 0 aromatic carbocycles. The Morgan fingerprint density at radius 3 is 3.00 bits per heavy atom. The van der Waals surface area contributed by atoms with Crippen LogP contribution in [0.15, 0.2) is 16.5 Å². The molecule has 0 bridgehead atoms. The normalized spacial score (nSPS) is 12.5. The summed E-state index contributed by atoms with van der Waals surface area (Å²) in [7, 11) is 1.57. The average molecular weight is 212 g/mol. The van der Waals surface area contributed by atoms with E-state index in [9.17, 15) is 4.79 Å². The molecule has 0 unspecified atom stereocenters. The molecule has 1 rings (SSSR count). The summed E-state index contributed by atoms with van der Waals surface area (Å²) in [5.74, 6) is 0.653. The summed E-state index contributed by atoms with van der Waals surface area (Å²) in [4.78, 5) is 11.5. The van der Waals surface area contributed by atoms with Gasteiger partial charge in [0.2, 0.25) is 0 Å². The Morgan fingerprint density at radius 2 is 2.40 bits per heavy atom. The van der Waals surface area contributed by atoms with Crippen molar-refractivity contribution < 1.29 is 13.9 Å². The van der Waals surface area contributed by atoms with Crippen molar-refractivity contribution in [2.24, 2.45) is 5.73 Å². The van der Waals surface area contributed by atoms with Gasteiger partial charge in [-0.3, -0.25) is 4.79 Å². The van der Waals surface area contributed by atoms with Crippen LogP contribution in [0.5, 0.6) is 0 Å². The first kappa shape index (κ1) is 11.7. The van der Waals surface area contributed by atoms with E-state index in [1.165, 1.54) is 0 Å². The van der Waals surface area contributed by atoms with Crippen LogP contribution in [-0.2, 0) is 11.3 Å². The number of furan rings is 1. The first-order valence-electron chi connectivity index (χ1n) is 4.76. The minimum Gasteiger partial charge on any atom is -0.453 e. The Kier molecular flexibility index (Phi) is 4.33. The van der Waals surface area contributed by atoms with Crippen molar-refractivity contribution in [2.45, 2.75) is 19.6 Å². The van der Waals surface area contributed by atoms with Gasteiger partial charge in [0.05, 0.1) is 0 Å². The van der Waals surface area contributed by atoms with Crippen LogP contribution >= 0.6 is 0 Å². The van der Waals surface area contributed by atoms with Crippen LogP contribution in [0.2, 0.25) is 0 Å². The number of carbonyl (C=O) groups is 1. The first-order chi connectivity index (χ1) is 7.17. The molecule has 0 radical (unpaired) electrons. The molecule has 1 atom stereocenters. The zero-order valence-electron chi connectivity index (χ0n) is 8.95. The maximum Gasteiger partial charge on any atom is 0.287 e. The summed E-state index contributed by atoms with van der Waals surface area (Å²) in [6, 6.07) is 3.27. The molecule has 0 saturated carbocycles. The Morgan fingerprint density at radius 1 is 1.67 bits per heavy atom. The van der Waals surface area contributed by atoms with Crippen molar-refractivity contribution >= 4 is 5.91 Å². The topological polar surface area (TPSA) is 77.5 Å². The van der Waals surface area contributed by atoms with Crippen LogP contribution in [0.4, 0.5) is 0 Å². The van der Waals surface area contributed by atoms with Gasteiger partial charge in [0, 0.05) is 19.7 Å². The number of ether oxygens (including phenoxy) is 1. The first-order valence-corrected chi connectivity index (χ1v) is 4.76. The number of nitrogens with one attached hydrogen (secondary N) is 1. The molecule has 0 aliphatic carbocycles. The molecule has 0 fully saturated rings. The highest BCUT2D eigenvalue weighted by Crippen LogP contribution is 2.08. The molecule has 0 aliphatic heterocycles. The van der Waals surface area contributed by atoms with Gasteiger partial charge in [-0.15, -0.1) is 0 Å². The second-order valence-electron chi connectivity index (χ2n) is 3.31. The number of carbonyl (C=O) groups excluding carboxylic acids is 1. The van der Waals surface area contributed by atoms with E-state index in [1.54, 1.807) is 19.2 Å². The third-order valence-corrected chi connectivity index (χ3v) is 1.90. The van der Waals surface area contributed by atoms with E-state index in [4.69, 9.17) is 14.9 Å². The van der Waals surface area contributed by atoms with Crippen LogP contribution in [0.3, 0.4) is 0 Å². The van der Waals surface area contributed by atoms with Gasteiger partial charge in [-0.25, -0.2) is 0 Å². The van der Waals surface area contributed by atoms with Gasteiger partial charge in [0.15, 0.2) is 5.76 Å². The monoisotopic (exact) mass is 212 g/mol. The summed E-state index contributed by atoms with van der Waals surface area (Å²) in [6.45, 7) is 2.59. The van der Waals surface area contributed by atoms with Crippen molar-refractivity contribution in [3.8, 4) is 0 Å². The lowest BCUT2D eigenvalue weighted by atomic mass is 10.3. The smallest absolute Gasteiger partial charge is 0.287 e. The van der Waals surface area contributed by atoms with E-state index in [2.05, 4.69) is 5.32 Å². The maximum absolute atomic E-state index is 11.5. The lowest BCUT2D eigenvalue weighted by molar-refractivity contribution is 0.0904. The standard InChI is InChI=1S/C10H16N2O3/c1-7(5-11)12-10(13)9-4-3-8(15-9)6-14-2/h3-4,7H,5-6,11H2,1-2H3,(H,12,13)/t7-/m1/s1. The average Bonchev–Trinajstić information content (AvgIpc) is 2.67. The molecular formula is C10H16N2O3. The van der Waals surface area contributed by atoms with Crippen molar-refractivity contribution in [1.82, 2.24) is 5.32 Å². The molecule has 1 heterocycles. The van der Waals surface area contributed by atoms with E-state index in [0.29, 0.717) is 18.9 Å². The summed E-state index contributed by atoms with van der Waals surface area (Å²) < 4.78 is 10.1. The molecule has 1 aromatic heterocycles. The fourth-order valence-corrected chi connectivity index (χ4v) is 1.07. The number of methoxy groups -OCH3 is 1. The van der Waals surface area contributed by atoms with Crippen molar-refractivity contribution in [3.05, 3.63) is 23.7 Å². The second kappa shape index (κ2) is 5.53.